The molecule has 0 aliphatic carbocycles. The molecule has 1 heterocycles. The molecule has 0 fully saturated rings. The molecule has 1 atom stereocenters. The zero-order chi connectivity index (χ0) is 13.1. The maximum Gasteiger partial charge on any atom is 0.198 e. The van der Waals surface area contributed by atoms with Crippen LogP contribution in [0.25, 0.3) is 11.3 Å². The lowest BCUT2D eigenvalue weighted by Crippen LogP contribution is -1.90. The Morgan fingerprint density at radius 2 is 2.06 bits per heavy atom. The van der Waals surface area contributed by atoms with E-state index in [-0.39, 0.29) is 5.69 Å². The van der Waals surface area contributed by atoms with Crippen molar-refractivity contribution in [3.05, 3.63) is 40.0 Å². The van der Waals surface area contributed by atoms with Gasteiger partial charge < -0.3 is 4.52 Å². The smallest absolute Gasteiger partial charge is 0.198 e. The molecule has 1 aromatic carbocycles. The van der Waals surface area contributed by atoms with Crippen LogP contribution in [0.2, 0.25) is 0 Å². The molecule has 3 nitrogen and oxygen atoms in total. The molecule has 1 aromatic heterocycles. The highest BCUT2D eigenvalue weighted by molar-refractivity contribution is 9.10. The minimum atomic E-state index is 0.274. The lowest BCUT2D eigenvalue weighted by Gasteiger charge is -2.08. The van der Waals surface area contributed by atoms with Gasteiger partial charge in [0.05, 0.1) is 0 Å². The van der Waals surface area contributed by atoms with Crippen LogP contribution in [0.3, 0.4) is 0 Å². The van der Waals surface area contributed by atoms with Gasteiger partial charge in [0.2, 0.25) is 0 Å². The molecule has 0 amide bonds. The van der Waals surface area contributed by atoms with E-state index < -0.39 is 0 Å². The molecule has 1 unspecified atom stereocenters. The largest absolute Gasteiger partial charge is 0.354 e. The highest BCUT2D eigenvalue weighted by Crippen LogP contribution is 2.31. The van der Waals surface area contributed by atoms with E-state index in [9.17, 15) is 0 Å². The molecule has 0 bridgehead atoms. The van der Waals surface area contributed by atoms with Crippen molar-refractivity contribution in [1.82, 2.24) is 5.16 Å². The number of nitriles is 1. The molecule has 2 rings (SSSR count). The monoisotopic (exact) mass is 304 g/mol. The van der Waals surface area contributed by atoms with Crippen LogP contribution in [0.15, 0.2) is 33.3 Å². The number of hydrogen-bond acceptors (Lipinski definition) is 3. The Balaban J connectivity index is 2.35. The third-order valence-corrected chi connectivity index (χ3v) is 3.83. The minimum Gasteiger partial charge on any atom is -0.354 e. The Labute approximate surface area is 115 Å². The van der Waals surface area contributed by atoms with Crippen molar-refractivity contribution < 1.29 is 4.52 Å². The van der Waals surface area contributed by atoms with Gasteiger partial charge in [-0.1, -0.05) is 43.3 Å². The van der Waals surface area contributed by atoms with Crippen molar-refractivity contribution in [3.8, 4) is 17.4 Å². The summed E-state index contributed by atoms with van der Waals surface area (Å²) in [5.41, 5.74) is 2.50. The highest BCUT2D eigenvalue weighted by atomic mass is 79.9. The van der Waals surface area contributed by atoms with E-state index in [0.717, 1.165) is 12.0 Å². The Bertz CT molecular complexity index is 581. The molecule has 0 aliphatic heterocycles. The van der Waals surface area contributed by atoms with Crippen molar-refractivity contribution >= 4 is 15.9 Å². The van der Waals surface area contributed by atoms with Gasteiger partial charge in [0.1, 0.15) is 10.5 Å². The van der Waals surface area contributed by atoms with E-state index in [0.29, 0.717) is 16.2 Å². The summed E-state index contributed by atoms with van der Waals surface area (Å²) in [4.78, 5) is 0. The van der Waals surface area contributed by atoms with Crippen molar-refractivity contribution in [2.45, 2.75) is 26.2 Å². The van der Waals surface area contributed by atoms with Crippen molar-refractivity contribution in [2.24, 2.45) is 0 Å². The van der Waals surface area contributed by atoms with Gasteiger partial charge in [0.25, 0.3) is 0 Å². The van der Waals surface area contributed by atoms with E-state index in [1.807, 2.05) is 18.2 Å². The standard InChI is InChI=1S/C14H13BrN2O/c1-3-9(2)10-4-6-11(7-5-10)14-13(15)12(8-16)17-18-14/h4-7,9H,3H2,1-2H3. The second kappa shape index (κ2) is 5.36. The predicted molar refractivity (Wildman–Crippen MR) is 73.1 cm³/mol. The van der Waals surface area contributed by atoms with E-state index in [1.54, 1.807) is 0 Å². The molecule has 0 saturated heterocycles. The third-order valence-electron chi connectivity index (χ3n) is 3.10. The Morgan fingerprint density at radius 1 is 1.39 bits per heavy atom. The van der Waals surface area contributed by atoms with Crippen LogP contribution < -0.4 is 0 Å². The van der Waals surface area contributed by atoms with Gasteiger partial charge in [-0.05, 0) is 33.8 Å². The number of hydrogen-bond donors (Lipinski definition) is 0. The molecular formula is C14H13BrN2O. The van der Waals surface area contributed by atoms with Crippen LogP contribution >= 0.6 is 15.9 Å². The van der Waals surface area contributed by atoms with Crippen molar-refractivity contribution in [1.29, 1.82) is 5.26 Å². The third kappa shape index (κ3) is 2.32. The number of rotatable bonds is 3. The molecular weight excluding hydrogens is 292 g/mol. The van der Waals surface area contributed by atoms with E-state index in [4.69, 9.17) is 9.78 Å². The highest BCUT2D eigenvalue weighted by Gasteiger charge is 2.15. The molecule has 0 spiro atoms. The molecule has 2 aromatic rings. The van der Waals surface area contributed by atoms with Crippen LogP contribution in [0.5, 0.6) is 0 Å². The summed E-state index contributed by atoms with van der Waals surface area (Å²) in [7, 11) is 0. The zero-order valence-corrected chi connectivity index (χ0v) is 11.9. The first-order valence-corrected chi connectivity index (χ1v) is 6.62. The predicted octanol–water partition coefficient (Wildman–Crippen LogP) is 4.49. The molecule has 0 N–H and O–H groups in total. The van der Waals surface area contributed by atoms with Gasteiger partial charge in [-0.3, -0.25) is 0 Å². The fourth-order valence-corrected chi connectivity index (χ4v) is 2.19. The number of benzene rings is 1. The first-order valence-electron chi connectivity index (χ1n) is 5.83. The average molecular weight is 305 g/mol. The van der Waals surface area contributed by atoms with E-state index in [2.05, 4.69) is 47.1 Å². The summed E-state index contributed by atoms with van der Waals surface area (Å²) < 4.78 is 5.79. The van der Waals surface area contributed by atoms with Gasteiger partial charge in [-0.2, -0.15) is 5.26 Å². The first kappa shape index (κ1) is 12.8. The maximum absolute atomic E-state index is 8.82. The molecule has 0 saturated carbocycles. The lowest BCUT2D eigenvalue weighted by atomic mass is 9.97. The van der Waals surface area contributed by atoms with Gasteiger partial charge in [-0.15, -0.1) is 0 Å². The van der Waals surface area contributed by atoms with Gasteiger partial charge >= 0.3 is 0 Å². The second-order valence-corrected chi connectivity index (χ2v) is 5.01. The van der Waals surface area contributed by atoms with Crippen LogP contribution in [-0.4, -0.2) is 5.16 Å². The zero-order valence-electron chi connectivity index (χ0n) is 10.3. The quantitative estimate of drug-likeness (QED) is 0.839. The fourth-order valence-electron chi connectivity index (χ4n) is 1.73. The summed E-state index contributed by atoms with van der Waals surface area (Å²) >= 11 is 3.33. The van der Waals surface area contributed by atoms with Gasteiger partial charge in [0.15, 0.2) is 11.5 Å². The maximum atomic E-state index is 8.82. The Hall–Kier alpha value is -1.60. The Morgan fingerprint density at radius 3 is 2.56 bits per heavy atom. The topological polar surface area (TPSA) is 49.8 Å². The summed E-state index contributed by atoms with van der Waals surface area (Å²) in [5.74, 6) is 1.15. The molecule has 92 valence electrons. The molecule has 18 heavy (non-hydrogen) atoms. The number of halogens is 1. The molecule has 0 aliphatic rings. The SMILES string of the molecule is CCC(C)c1ccc(-c2onc(C#N)c2Br)cc1. The summed E-state index contributed by atoms with van der Waals surface area (Å²) in [6, 6.07) is 10.1. The fraction of sp³-hybridized carbons (Fsp3) is 0.286. The van der Waals surface area contributed by atoms with Crippen molar-refractivity contribution in [2.75, 3.05) is 0 Å². The Kier molecular flexibility index (Phi) is 3.83. The van der Waals surface area contributed by atoms with Crippen LogP contribution in [0, 0.1) is 11.3 Å². The normalized spacial score (nSPS) is 12.1. The first-order chi connectivity index (χ1) is 8.67. The minimum absolute atomic E-state index is 0.274. The number of nitrogens with zero attached hydrogens (tertiary/aromatic N) is 2. The van der Waals surface area contributed by atoms with Gasteiger partial charge in [0, 0.05) is 5.56 Å². The average Bonchev–Trinajstić information content (AvgIpc) is 2.79. The van der Waals surface area contributed by atoms with Crippen LogP contribution in [0.4, 0.5) is 0 Å². The molecule has 0 radical (unpaired) electrons. The summed E-state index contributed by atoms with van der Waals surface area (Å²) in [6.45, 7) is 4.37. The van der Waals surface area contributed by atoms with Gasteiger partial charge in [-0.25, -0.2) is 0 Å². The van der Waals surface area contributed by atoms with Crippen molar-refractivity contribution in [3.63, 3.8) is 0 Å². The summed E-state index contributed by atoms with van der Waals surface area (Å²) in [6.07, 6.45) is 1.12. The second-order valence-electron chi connectivity index (χ2n) is 4.22. The van der Waals surface area contributed by atoms with Crippen LogP contribution in [-0.2, 0) is 0 Å². The summed E-state index contributed by atoms with van der Waals surface area (Å²) in [5, 5.41) is 12.5. The van der Waals surface area contributed by atoms with Crippen LogP contribution in [0.1, 0.15) is 37.4 Å². The number of aromatic nitrogens is 1. The van der Waals surface area contributed by atoms with E-state index >= 15 is 0 Å². The van der Waals surface area contributed by atoms with E-state index in [1.165, 1.54) is 5.56 Å². The molecule has 4 heteroatoms. The lowest BCUT2D eigenvalue weighted by molar-refractivity contribution is 0.430.